The molecule has 0 radical (unpaired) electrons. The molecule has 4 amide bonds. The predicted octanol–water partition coefficient (Wildman–Crippen LogP) is 5.13. The van der Waals surface area contributed by atoms with Gasteiger partial charge in [-0.05, 0) is 72.6 Å². The minimum atomic E-state index is -0.737. The normalized spacial score (nSPS) is 19.2. The van der Waals surface area contributed by atoms with E-state index in [1.165, 1.54) is 0 Å². The molecule has 2 aliphatic rings. The van der Waals surface area contributed by atoms with Crippen molar-refractivity contribution in [1.82, 2.24) is 25.4 Å². The van der Waals surface area contributed by atoms with Crippen molar-refractivity contribution in [2.24, 2.45) is 17.8 Å². The van der Waals surface area contributed by atoms with E-state index >= 15 is 0 Å². The van der Waals surface area contributed by atoms with Crippen LogP contribution in [0.5, 0.6) is 5.75 Å². The Kier molecular flexibility index (Phi) is 11.0. The van der Waals surface area contributed by atoms with E-state index in [0.717, 1.165) is 28.5 Å². The number of methoxy groups -OCH3 is 1. The second-order valence-corrected chi connectivity index (χ2v) is 13.9. The number of hydrogen-bond donors (Lipinski definition) is 3. The van der Waals surface area contributed by atoms with Gasteiger partial charge in [-0.3, -0.25) is 19.2 Å². The van der Waals surface area contributed by atoms with E-state index in [1.807, 2.05) is 54.7 Å². The highest BCUT2D eigenvalue weighted by atomic mass is 35.5. The standard InChI is InChI=1S/C38H41Cl2N5O5/c1-41-37(48)33(10-6-9-23-7-4-3-5-8-23)43-36(47)30-22-44(35(46)16-25-18-42-34-17-27(50-2)12-13-28(25)34)19-26-20-45(21-29(26)30)38(49)24-11-14-31(39)32(40)15-24/h3-5,7-8,11-15,17-18,26,29-30,33,42H,6,9-10,16,19-22H2,1-2H3,(H,41,48)(H,43,47)/t26?,29?,30?,33-/m0/s1. The number of carbonyl (C=O) groups is 4. The number of benzene rings is 3. The average Bonchev–Trinajstić information content (AvgIpc) is 3.75. The number of fused-ring (bicyclic) bond motifs is 2. The third-order valence-corrected chi connectivity index (χ3v) is 10.8. The van der Waals surface area contributed by atoms with Gasteiger partial charge in [0.2, 0.25) is 17.7 Å². The van der Waals surface area contributed by atoms with Crippen LogP contribution in [0.3, 0.4) is 0 Å². The summed E-state index contributed by atoms with van der Waals surface area (Å²) >= 11 is 12.3. The maximum Gasteiger partial charge on any atom is 0.253 e. The summed E-state index contributed by atoms with van der Waals surface area (Å²) in [6, 6.07) is 19.7. The molecule has 3 unspecified atom stereocenters. The molecule has 2 fully saturated rings. The molecule has 50 heavy (non-hydrogen) atoms. The molecule has 2 saturated heterocycles. The van der Waals surface area contributed by atoms with E-state index in [0.29, 0.717) is 48.8 Å². The fourth-order valence-electron chi connectivity index (χ4n) is 7.32. The predicted molar refractivity (Wildman–Crippen MR) is 193 cm³/mol. The van der Waals surface area contributed by atoms with Crippen LogP contribution in [0.4, 0.5) is 0 Å². The van der Waals surface area contributed by atoms with E-state index < -0.39 is 12.0 Å². The molecule has 1 aromatic heterocycles. The number of likely N-dealkylation sites (tertiary alicyclic amines) is 2. The molecule has 3 aromatic carbocycles. The number of rotatable bonds is 11. The summed E-state index contributed by atoms with van der Waals surface area (Å²) in [5.41, 5.74) is 3.27. The molecule has 10 nitrogen and oxygen atoms in total. The number of amides is 4. The molecule has 3 heterocycles. The Morgan fingerprint density at radius 3 is 2.46 bits per heavy atom. The lowest BCUT2D eigenvalue weighted by Gasteiger charge is -2.40. The Morgan fingerprint density at radius 2 is 1.72 bits per heavy atom. The van der Waals surface area contributed by atoms with Crippen LogP contribution < -0.4 is 15.4 Å². The van der Waals surface area contributed by atoms with Gasteiger partial charge < -0.3 is 30.2 Å². The molecule has 12 heteroatoms. The summed E-state index contributed by atoms with van der Waals surface area (Å²) in [7, 11) is 3.16. The number of nitrogens with one attached hydrogen (secondary N) is 3. The van der Waals surface area contributed by atoms with Crippen molar-refractivity contribution in [2.45, 2.75) is 31.7 Å². The Labute approximate surface area is 301 Å². The van der Waals surface area contributed by atoms with Gasteiger partial charge in [-0.25, -0.2) is 0 Å². The van der Waals surface area contributed by atoms with Crippen LogP contribution in [-0.4, -0.2) is 84.8 Å². The zero-order valence-electron chi connectivity index (χ0n) is 28.1. The Morgan fingerprint density at radius 1 is 0.940 bits per heavy atom. The van der Waals surface area contributed by atoms with Gasteiger partial charge in [-0.2, -0.15) is 0 Å². The van der Waals surface area contributed by atoms with Crippen LogP contribution in [-0.2, 0) is 27.2 Å². The van der Waals surface area contributed by atoms with Crippen LogP contribution in [0.2, 0.25) is 10.0 Å². The van der Waals surface area contributed by atoms with Crippen molar-refractivity contribution in [1.29, 1.82) is 0 Å². The van der Waals surface area contributed by atoms with Gasteiger partial charge in [0.05, 0.1) is 29.5 Å². The van der Waals surface area contributed by atoms with Gasteiger partial charge in [0.1, 0.15) is 11.8 Å². The van der Waals surface area contributed by atoms with Gasteiger partial charge in [-0.1, -0.05) is 53.5 Å². The van der Waals surface area contributed by atoms with Gasteiger partial charge in [-0.15, -0.1) is 0 Å². The summed E-state index contributed by atoms with van der Waals surface area (Å²) in [6.07, 6.45) is 3.90. The fourth-order valence-corrected chi connectivity index (χ4v) is 7.62. The van der Waals surface area contributed by atoms with E-state index in [-0.39, 0.29) is 53.5 Å². The number of carbonyl (C=O) groups excluding carboxylic acids is 4. The van der Waals surface area contributed by atoms with E-state index in [2.05, 4.69) is 15.6 Å². The first-order valence-corrected chi connectivity index (χ1v) is 17.6. The minimum Gasteiger partial charge on any atom is -0.497 e. The Hall–Kier alpha value is -4.54. The molecule has 0 saturated carbocycles. The fraction of sp³-hybridized carbons (Fsp3) is 0.368. The lowest BCUT2D eigenvalue weighted by Crippen LogP contribution is -2.56. The molecule has 6 rings (SSSR count). The average molecular weight is 719 g/mol. The number of ether oxygens (including phenoxy) is 1. The number of aromatic nitrogens is 1. The zero-order valence-corrected chi connectivity index (χ0v) is 29.6. The second-order valence-electron chi connectivity index (χ2n) is 13.1. The van der Waals surface area contributed by atoms with E-state index in [9.17, 15) is 19.2 Å². The zero-order chi connectivity index (χ0) is 35.4. The maximum absolute atomic E-state index is 14.2. The van der Waals surface area contributed by atoms with E-state index in [4.69, 9.17) is 27.9 Å². The highest BCUT2D eigenvalue weighted by Gasteiger charge is 2.48. The molecule has 0 aliphatic carbocycles. The van der Waals surface area contributed by atoms with Crippen LogP contribution >= 0.6 is 23.2 Å². The van der Waals surface area contributed by atoms with Crippen LogP contribution in [0, 0.1) is 17.8 Å². The summed E-state index contributed by atoms with van der Waals surface area (Å²) in [5, 5.41) is 7.27. The molecular weight excluding hydrogens is 677 g/mol. The molecule has 0 spiro atoms. The van der Waals surface area contributed by atoms with Gasteiger partial charge in [0.25, 0.3) is 5.91 Å². The molecule has 262 valence electrons. The van der Waals surface area contributed by atoms with Gasteiger partial charge >= 0.3 is 0 Å². The lowest BCUT2D eigenvalue weighted by atomic mass is 9.79. The number of halogens is 2. The van der Waals surface area contributed by atoms with Crippen molar-refractivity contribution in [2.75, 3.05) is 40.3 Å². The van der Waals surface area contributed by atoms with Crippen LogP contribution in [0.15, 0.2) is 72.9 Å². The van der Waals surface area contributed by atoms with Gasteiger partial charge in [0, 0.05) is 62.0 Å². The Balaban J connectivity index is 1.21. The first kappa shape index (κ1) is 35.3. The number of aromatic amines is 1. The largest absolute Gasteiger partial charge is 0.497 e. The molecule has 0 bridgehead atoms. The van der Waals surface area contributed by atoms with Crippen molar-refractivity contribution in [3.63, 3.8) is 0 Å². The maximum atomic E-state index is 14.2. The summed E-state index contributed by atoms with van der Waals surface area (Å²) in [5.74, 6) is -1.16. The monoisotopic (exact) mass is 717 g/mol. The number of hydrogen-bond acceptors (Lipinski definition) is 5. The second kappa shape index (κ2) is 15.6. The lowest BCUT2D eigenvalue weighted by molar-refractivity contribution is -0.140. The molecule has 4 aromatic rings. The molecule has 4 atom stereocenters. The number of aryl methyl sites for hydroxylation is 1. The quantitative estimate of drug-likeness (QED) is 0.199. The number of likely N-dealkylation sites (N-methyl/N-ethyl adjacent to an activating group) is 1. The third-order valence-electron chi connectivity index (χ3n) is 10.0. The van der Waals surface area contributed by atoms with Crippen LogP contribution in [0.1, 0.15) is 34.3 Å². The minimum absolute atomic E-state index is 0.113. The summed E-state index contributed by atoms with van der Waals surface area (Å²) in [4.78, 5) is 61.4. The molecular formula is C38H41Cl2N5O5. The highest BCUT2D eigenvalue weighted by Crippen LogP contribution is 2.37. The van der Waals surface area contributed by atoms with Crippen molar-refractivity contribution >= 4 is 57.7 Å². The summed E-state index contributed by atoms with van der Waals surface area (Å²) in [6.45, 7) is 1.30. The van der Waals surface area contributed by atoms with Crippen molar-refractivity contribution in [3.05, 3.63) is 99.7 Å². The molecule has 2 aliphatic heterocycles. The number of piperidine rings is 1. The van der Waals surface area contributed by atoms with Crippen molar-refractivity contribution < 1.29 is 23.9 Å². The number of H-pyrrole nitrogens is 1. The first-order valence-electron chi connectivity index (χ1n) is 16.9. The van der Waals surface area contributed by atoms with Crippen LogP contribution in [0.25, 0.3) is 10.9 Å². The molecule has 3 N–H and O–H groups in total. The Bertz CT molecular complexity index is 1880. The van der Waals surface area contributed by atoms with Crippen molar-refractivity contribution in [3.8, 4) is 5.75 Å². The summed E-state index contributed by atoms with van der Waals surface area (Å²) < 4.78 is 5.34. The van der Waals surface area contributed by atoms with E-state index in [1.54, 1.807) is 42.2 Å². The number of nitrogens with zero attached hydrogens (tertiary/aromatic N) is 2. The van der Waals surface area contributed by atoms with Gasteiger partial charge in [0.15, 0.2) is 0 Å². The SMILES string of the molecule is CNC(=O)[C@H](CCCc1ccccc1)NC(=O)C1CN(C(=O)Cc2c[nH]c3cc(OC)ccc23)CC2CN(C(=O)c3ccc(Cl)c(Cl)c3)CC21. The topological polar surface area (TPSA) is 124 Å². The highest BCUT2D eigenvalue weighted by molar-refractivity contribution is 6.42. The first-order chi connectivity index (χ1) is 24.1. The third kappa shape index (κ3) is 7.76. The smallest absolute Gasteiger partial charge is 0.253 e.